The molecule has 2 aromatic rings. The standard InChI is InChI=1S/C19H22N2O/c1-2-13-5-6-17-16(12-13)19-15(4-3-11-22-19)18(21-17)14-7-9-20-10-8-14/h5-10,12,15,18-19,21H,2-4,11H2,1H3/t15-,18?,19-/m0/s1. The fourth-order valence-corrected chi connectivity index (χ4v) is 3.84. The average Bonchev–Trinajstić information content (AvgIpc) is 2.61. The smallest absolute Gasteiger partial charge is 0.0895 e. The second kappa shape index (κ2) is 5.73. The number of hydrogen-bond donors (Lipinski definition) is 1. The Morgan fingerprint density at radius 2 is 2.09 bits per heavy atom. The topological polar surface area (TPSA) is 34.1 Å². The van der Waals surface area contributed by atoms with E-state index in [4.69, 9.17) is 4.74 Å². The molecule has 1 unspecified atom stereocenters. The van der Waals surface area contributed by atoms with Crippen LogP contribution in [0.3, 0.4) is 0 Å². The molecule has 3 atom stereocenters. The molecule has 2 aliphatic heterocycles. The van der Waals surface area contributed by atoms with Crippen LogP contribution in [0.1, 0.15) is 48.6 Å². The first-order valence-electron chi connectivity index (χ1n) is 8.27. The first-order chi connectivity index (χ1) is 10.9. The third-order valence-electron chi connectivity index (χ3n) is 5.00. The van der Waals surface area contributed by atoms with Crippen molar-refractivity contribution in [3.8, 4) is 0 Å². The van der Waals surface area contributed by atoms with Gasteiger partial charge in [0, 0.05) is 36.2 Å². The fraction of sp³-hybridized carbons (Fsp3) is 0.421. The number of aryl methyl sites for hydroxylation is 1. The average molecular weight is 294 g/mol. The minimum absolute atomic E-state index is 0.217. The summed E-state index contributed by atoms with van der Waals surface area (Å²) < 4.78 is 6.20. The van der Waals surface area contributed by atoms with Crippen molar-refractivity contribution in [2.75, 3.05) is 11.9 Å². The van der Waals surface area contributed by atoms with E-state index in [1.165, 1.54) is 28.8 Å². The van der Waals surface area contributed by atoms with Crippen LogP contribution in [-0.2, 0) is 11.2 Å². The van der Waals surface area contributed by atoms with E-state index in [9.17, 15) is 0 Å². The molecule has 114 valence electrons. The summed E-state index contributed by atoms with van der Waals surface area (Å²) in [5.74, 6) is 0.496. The van der Waals surface area contributed by atoms with Crippen molar-refractivity contribution >= 4 is 5.69 Å². The molecule has 4 rings (SSSR count). The Morgan fingerprint density at radius 1 is 1.23 bits per heavy atom. The van der Waals surface area contributed by atoms with Crippen molar-refractivity contribution in [1.82, 2.24) is 4.98 Å². The molecule has 1 fully saturated rings. The van der Waals surface area contributed by atoms with Gasteiger partial charge in [0.1, 0.15) is 0 Å². The molecule has 1 saturated heterocycles. The minimum Gasteiger partial charge on any atom is -0.378 e. The Morgan fingerprint density at radius 3 is 2.91 bits per heavy atom. The van der Waals surface area contributed by atoms with Crippen LogP contribution in [0.25, 0.3) is 0 Å². The van der Waals surface area contributed by atoms with E-state index in [1.807, 2.05) is 12.4 Å². The normalized spacial score (nSPS) is 26.7. The number of nitrogens with one attached hydrogen (secondary N) is 1. The summed E-state index contributed by atoms with van der Waals surface area (Å²) in [5.41, 5.74) is 5.26. The number of aromatic nitrogens is 1. The number of nitrogens with zero attached hydrogens (tertiary/aromatic N) is 1. The maximum atomic E-state index is 6.20. The summed E-state index contributed by atoms with van der Waals surface area (Å²) in [6.07, 6.45) is 7.40. The number of benzene rings is 1. The maximum Gasteiger partial charge on any atom is 0.0895 e. The van der Waals surface area contributed by atoms with E-state index in [2.05, 4.69) is 47.6 Å². The highest BCUT2D eigenvalue weighted by molar-refractivity contribution is 5.58. The van der Waals surface area contributed by atoms with Crippen molar-refractivity contribution < 1.29 is 4.74 Å². The van der Waals surface area contributed by atoms with Crippen LogP contribution in [0.5, 0.6) is 0 Å². The van der Waals surface area contributed by atoms with E-state index in [-0.39, 0.29) is 6.10 Å². The molecule has 22 heavy (non-hydrogen) atoms. The van der Waals surface area contributed by atoms with Gasteiger partial charge in [-0.1, -0.05) is 19.1 Å². The number of anilines is 1. The lowest BCUT2D eigenvalue weighted by Crippen LogP contribution is -2.36. The number of fused-ring (bicyclic) bond motifs is 3. The molecule has 3 heterocycles. The summed E-state index contributed by atoms with van der Waals surface area (Å²) in [6.45, 7) is 3.08. The molecular formula is C19H22N2O. The molecule has 0 bridgehead atoms. The van der Waals surface area contributed by atoms with Crippen molar-refractivity contribution in [2.45, 2.75) is 38.3 Å². The van der Waals surface area contributed by atoms with Gasteiger partial charge in [-0.3, -0.25) is 4.98 Å². The number of pyridine rings is 1. The van der Waals surface area contributed by atoms with Gasteiger partial charge in [0.25, 0.3) is 0 Å². The van der Waals surface area contributed by atoms with Crippen LogP contribution in [0.2, 0.25) is 0 Å². The van der Waals surface area contributed by atoms with Gasteiger partial charge in [-0.05, 0) is 48.6 Å². The SMILES string of the molecule is CCc1ccc2c(c1)[C@H]1OCCC[C@H]1C(c1ccncc1)N2. The molecule has 0 amide bonds. The van der Waals surface area contributed by atoms with Crippen LogP contribution in [0.4, 0.5) is 5.69 Å². The zero-order valence-electron chi connectivity index (χ0n) is 13.0. The van der Waals surface area contributed by atoms with Crippen molar-refractivity contribution in [3.63, 3.8) is 0 Å². The third-order valence-corrected chi connectivity index (χ3v) is 5.00. The molecule has 1 N–H and O–H groups in total. The largest absolute Gasteiger partial charge is 0.378 e. The number of ether oxygens (including phenoxy) is 1. The fourth-order valence-electron chi connectivity index (χ4n) is 3.84. The predicted molar refractivity (Wildman–Crippen MR) is 87.8 cm³/mol. The monoisotopic (exact) mass is 294 g/mol. The molecule has 1 aromatic carbocycles. The molecule has 2 aliphatic rings. The van der Waals surface area contributed by atoms with E-state index in [0.717, 1.165) is 19.4 Å². The minimum atomic E-state index is 0.217. The first kappa shape index (κ1) is 13.8. The van der Waals surface area contributed by atoms with Crippen molar-refractivity contribution in [1.29, 1.82) is 0 Å². The highest BCUT2D eigenvalue weighted by Crippen LogP contribution is 2.49. The van der Waals surface area contributed by atoms with Crippen LogP contribution in [0, 0.1) is 5.92 Å². The Labute approximate surface area is 131 Å². The molecule has 3 heteroatoms. The third kappa shape index (κ3) is 2.30. The second-order valence-corrected chi connectivity index (χ2v) is 6.28. The summed E-state index contributed by atoms with van der Waals surface area (Å²) in [4.78, 5) is 4.15. The molecule has 1 aromatic heterocycles. The Bertz CT molecular complexity index is 656. The van der Waals surface area contributed by atoms with Crippen LogP contribution in [0.15, 0.2) is 42.7 Å². The molecule has 3 nitrogen and oxygen atoms in total. The lowest BCUT2D eigenvalue weighted by atomic mass is 9.77. The van der Waals surface area contributed by atoms with Crippen LogP contribution in [-0.4, -0.2) is 11.6 Å². The predicted octanol–water partition coefficient (Wildman–Crippen LogP) is 4.28. The summed E-state index contributed by atoms with van der Waals surface area (Å²) in [6, 6.07) is 11.3. The number of rotatable bonds is 2. The highest BCUT2D eigenvalue weighted by Gasteiger charge is 2.39. The van der Waals surface area contributed by atoms with Crippen LogP contribution < -0.4 is 5.32 Å². The van der Waals surface area contributed by atoms with Gasteiger partial charge in [-0.25, -0.2) is 0 Å². The maximum absolute atomic E-state index is 6.20. The van der Waals surface area contributed by atoms with Gasteiger partial charge in [0.15, 0.2) is 0 Å². The van der Waals surface area contributed by atoms with Crippen molar-refractivity contribution in [3.05, 3.63) is 59.4 Å². The molecule has 0 saturated carbocycles. The van der Waals surface area contributed by atoms with Gasteiger partial charge >= 0.3 is 0 Å². The highest BCUT2D eigenvalue weighted by atomic mass is 16.5. The zero-order valence-corrected chi connectivity index (χ0v) is 13.0. The van der Waals surface area contributed by atoms with Crippen molar-refractivity contribution in [2.24, 2.45) is 5.92 Å². The Balaban J connectivity index is 1.77. The van der Waals surface area contributed by atoms with Gasteiger partial charge in [0.05, 0.1) is 12.1 Å². The molecular weight excluding hydrogens is 272 g/mol. The van der Waals surface area contributed by atoms with E-state index >= 15 is 0 Å². The van der Waals surface area contributed by atoms with E-state index < -0.39 is 0 Å². The Hall–Kier alpha value is -1.87. The molecule has 0 spiro atoms. The Kier molecular flexibility index (Phi) is 3.59. The lowest BCUT2D eigenvalue weighted by molar-refractivity contribution is -0.0381. The summed E-state index contributed by atoms with van der Waals surface area (Å²) in [7, 11) is 0. The zero-order chi connectivity index (χ0) is 14.9. The van der Waals surface area contributed by atoms with Gasteiger partial charge in [0.2, 0.25) is 0 Å². The van der Waals surface area contributed by atoms with Gasteiger partial charge < -0.3 is 10.1 Å². The van der Waals surface area contributed by atoms with Gasteiger partial charge in [-0.15, -0.1) is 0 Å². The molecule has 0 aliphatic carbocycles. The second-order valence-electron chi connectivity index (χ2n) is 6.28. The summed E-state index contributed by atoms with van der Waals surface area (Å²) in [5, 5.41) is 3.76. The first-order valence-corrected chi connectivity index (χ1v) is 8.27. The van der Waals surface area contributed by atoms with Gasteiger partial charge in [-0.2, -0.15) is 0 Å². The van der Waals surface area contributed by atoms with E-state index in [0.29, 0.717) is 12.0 Å². The van der Waals surface area contributed by atoms with E-state index in [1.54, 1.807) is 0 Å². The lowest BCUT2D eigenvalue weighted by Gasteiger charge is -2.43. The van der Waals surface area contributed by atoms with Crippen LogP contribution >= 0.6 is 0 Å². The number of hydrogen-bond acceptors (Lipinski definition) is 3. The summed E-state index contributed by atoms with van der Waals surface area (Å²) >= 11 is 0. The quantitative estimate of drug-likeness (QED) is 0.897. The molecule has 0 radical (unpaired) electrons.